The van der Waals surface area contributed by atoms with E-state index in [1.165, 1.54) is 93.5 Å². The summed E-state index contributed by atoms with van der Waals surface area (Å²) in [7, 11) is 0. The lowest BCUT2D eigenvalue weighted by Gasteiger charge is -2.23. The third-order valence-electron chi connectivity index (χ3n) is 11.9. The van der Waals surface area contributed by atoms with Gasteiger partial charge in [0, 0.05) is 32.6 Å². The molecule has 238 valence electrons. The van der Waals surface area contributed by atoms with E-state index in [1.807, 2.05) is 0 Å². The average Bonchev–Trinajstić information content (AvgIpc) is 3.89. The molecule has 0 bridgehead atoms. The number of rotatable bonds is 2. The highest BCUT2D eigenvalue weighted by molar-refractivity contribution is 6.29. The number of fused-ring (bicyclic) bond motifs is 15. The second-order valence-electron chi connectivity index (χ2n) is 14.8. The summed E-state index contributed by atoms with van der Waals surface area (Å²) in [6.45, 7) is 4.78. The molecule has 0 saturated carbocycles. The standard InChI is InChI=1S/C49H31NO/c1-49(2)39-19-8-5-14-36(39)43-44-38-16-7-10-21-41(38)51-48(44)47-45(46(43)49)37-15-6-9-20-40(37)50(47)29-24-22-28(23-25-29)30-26-27-35-32-13-4-3-12-31(32)34-18-11-17-33(30)42(34)35/h3-27H,1-2H3. The van der Waals surface area contributed by atoms with Crippen molar-refractivity contribution in [2.24, 2.45) is 0 Å². The Morgan fingerprint density at radius 2 is 1.10 bits per heavy atom. The number of hydrogen-bond donors (Lipinski definition) is 0. The van der Waals surface area contributed by atoms with Crippen molar-refractivity contribution in [3.05, 3.63) is 163 Å². The second-order valence-corrected chi connectivity index (χ2v) is 14.8. The summed E-state index contributed by atoms with van der Waals surface area (Å²) < 4.78 is 9.39. The Bertz CT molecular complexity index is 3120. The highest BCUT2D eigenvalue weighted by Gasteiger charge is 2.41. The van der Waals surface area contributed by atoms with Crippen molar-refractivity contribution in [3.63, 3.8) is 0 Å². The van der Waals surface area contributed by atoms with Crippen molar-refractivity contribution in [2.75, 3.05) is 0 Å². The predicted octanol–water partition coefficient (Wildman–Crippen LogP) is 13.5. The monoisotopic (exact) mass is 649 g/mol. The van der Waals surface area contributed by atoms with E-state index in [2.05, 4.69) is 170 Å². The molecule has 2 heterocycles. The van der Waals surface area contributed by atoms with E-state index >= 15 is 0 Å². The maximum Gasteiger partial charge on any atom is 0.160 e. The first-order valence-electron chi connectivity index (χ1n) is 17.9. The largest absolute Gasteiger partial charge is 0.454 e. The summed E-state index contributed by atoms with van der Waals surface area (Å²) in [5.41, 5.74) is 18.3. The molecule has 0 fully saturated rings. The van der Waals surface area contributed by atoms with Crippen LogP contribution in [0.25, 0.3) is 105 Å². The molecule has 0 spiro atoms. The molecule has 2 nitrogen and oxygen atoms in total. The summed E-state index contributed by atoms with van der Waals surface area (Å²) in [6.07, 6.45) is 0. The Morgan fingerprint density at radius 3 is 1.92 bits per heavy atom. The first-order valence-corrected chi connectivity index (χ1v) is 17.9. The third kappa shape index (κ3) is 3.33. The van der Waals surface area contributed by atoms with Crippen LogP contribution >= 0.6 is 0 Å². The summed E-state index contributed by atoms with van der Waals surface area (Å²) in [5.74, 6) is 0. The van der Waals surface area contributed by atoms with E-state index in [9.17, 15) is 0 Å². The Labute approximate surface area is 294 Å². The Kier molecular flexibility index (Phi) is 5.08. The van der Waals surface area contributed by atoms with Crippen LogP contribution < -0.4 is 0 Å². The van der Waals surface area contributed by atoms with Crippen LogP contribution in [-0.2, 0) is 5.41 Å². The molecule has 0 atom stereocenters. The van der Waals surface area contributed by atoms with Crippen molar-refractivity contribution >= 4 is 54.5 Å². The predicted molar refractivity (Wildman–Crippen MR) is 213 cm³/mol. The minimum absolute atomic E-state index is 0.190. The van der Waals surface area contributed by atoms with E-state index < -0.39 is 0 Å². The highest BCUT2D eigenvalue weighted by atomic mass is 16.3. The molecule has 2 aromatic heterocycles. The van der Waals surface area contributed by atoms with Crippen molar-refractivity contribution in [1.29, 1.82) is 0 Å². The fraction of sp³-hybridized carbons (Fsp3) is 0.0612. The number of para-hydroxylation sites is 2. The topological polar surface area (TPSA) is 18.1 Å². The van der Waals surface area contributed by atoms with Gasteiger partial charge in [0.25, 0.3) is 0 Å². The number of benzene rings is 8. The maximum atomic E-state index is 6.94. The molecule has 2 aliphatic carbocycles. The molecule has 51 heavy (non-hydrogen) atoms. The highest BCUT2D eigenvalue weighted by Crippen LogP contribution is 2.58. The normalized spacial score (nSPS) is 13.8. The van der Waals surface area contributed by atoms with Crippen molar-refractivity contribution in [1.82, 2.24) is 4.57 Å². The third-order valence-corrected chi connectivity index (χ3v) is 11.9. The van der Waals surface area contributed by atoms with Gasteiger partial charge in [0.05, 0.1) is 11.0 Å². The smallest absolute Gasteiger partial charge is 0.160 e. The molecule has 2 aliphatic rings. The van der Waals surface area contributed by atoms with Gasteiger partial charge in [0.1, 0.15) is 5.58 Å². The molecule has 12 rings (SSSR count). The second kappa shape index (κ2) is 9.44. The van der Waals surface area contributed by atoms with E-state index in [-0.39, 0.29) is 5.41 Å². The average molecular weight is 650 g/mol. The summed E-state index contributed by atoms with van der Waals surface area (Å²) in [4.78, 5) is 0. The Balaban J connectivity index is 1.15. The van der Waals surface area contributed by atoms with Crippen LogP contribution in [0.1, 0.15) is 25.0 Å². The molecule has 8 aromatic carbocycles. The van der Waals surface area contributed by atoms with Crippen LogP contribution in [0.2, 0.25) is 0 Å². The van der Waals surface area contributed by atoms with Gasteiger partial charge in [0.15, 0.2) is 5.58 Å². The fourth-order valence-electron chi connectivity index (χ4n) is 9.81. The van der Waals surface area contributed by atoms with E-state index in [0.717, 1.165) is 22.4 Å². The molecule has 0 aliphatic heterocycles. The van der Waals surface area contributed by atoms with Crippen LogP contribution in [0.3, 0.4) is 0 Å². The summed E-state index contributed by atoms with van der Waals surface area (Å²) in [5, 5.41) is 7.56. The zero-order valence-corrected chi connectivity index (χ0v) is 28.3. The van der Waals surface area contributed by atoms with Crippen molar-refractivity contribution in [2.45, 2.75) is 19.3 Å². The van der Waals surface area contributed by atoms with E-state index in [0.29, 0.717) is 0 Å². The number of aromatic nitrogens is 1. The van der Waals surface area contributed by atoms with Crippen LogP contribution in [0.15, 0.2) is 156 Å². The minimum Gasteiger partial charge on any atom is -0.454 e. The van der Waals surface area contributed by atoms with Gasteiger partial charge in [-0.15, -0.1) is 0 Å². The van der Waals surface area contributed by atoms with Gasteiger partial charge in [-0.2, -0.15) is 0 Å². The van der Waals surface area contributed by atoms with E-state index in [4.69, 9.17) is 4.42 Å². The summed E-state index contributed by atoms with van der Waals surface area (Å²) >= 11 is 0. The van der Waals surface area contributed by atoms with Gasteiger partial charge in [0.2, 0.25) is 0 Å². The lowest BCUT2D eigenvalue weighted by Crippen LogP contribution is -2.15. The quantitative estimate of drug-likeness (QED) is 0.182. The number of furan rings is 1. The molecular weight excluding hydrogens is 619 g/mol. The number of nitrogens with zero attached hydrogens (tertiary/aromatic N) is 1. The van der Waals surface area contributed by atoms with Crippen LogP contribution in [0, 0.1) is 0 Å². The van der Waals surface area contributed by atoms with Crippen LogP contribution in [0.5, 0.6) is 0 Å². The van der Waals surface area contributed by atoms with Crippen molar-refractivity contribution in [3.8, 4) is 50.2 Å². The SMILES string of the molecule is CC1(C)c2ccccc2-c2c1c1c3ccccc3n(-c3ccc(-c4ccc5c6c(cccc46)-c4ccccc4-5)cc3)c1c1oc3ccccc3c21. The molecule has 0 radical (unpaired) electrons. The lowest BCUT2D eigenvalue weighted by molar-refractivity contribution is 0.663. The Morgan fingerprint density at radius 1 is 0.471 bits per heavy atom. The van der Waals surface area contributed by atoms with Gasteiger partial charge < -0.3 is 8.98 Å². The van der Waals surface area contributed by atoms with Crippen molar-refractivity contribution < 1.29 is 4.42 Å². The molecule has 10 aromatic rings. The lowest BCUT2D eigenvalue weighted by atomic mass is 9.80. The first kappa shape index (κ1) is 27.4. The zero-order chi connectivity index (χ0) is 33.6. The Hall–Kier alpha value is -6.38. The molecular formula is C49H31NO. The van der Waals surface area contributed by atoms with Gasteiger partial charge in [-0.1, -0.05) is 141 Å². The molecule has 0 unspecified atom stereocenters. The van der Waals surface area contributed by atoms with Gasteiger partial charge in [-0.25, -0.2) is 0 Å². The summed E-state index contributed by atoms with van der Waals surface area (Å²) in [6, 6.07) is 55.7. The van der Waals surface area contributed by atoms with Gasteiger partial charge in [-0.05, 0) is 90.7 Å². The minimum atomic E-state index is -0.190. The fourth-order valence-corrected chi connectivity index (χ4v) is 9.81. The van der Waals surface area contributed by atoms with E-state index in [1.54, 1.807) is 0 Å². The maximum absolute atomic E-state index is 6.94. The van der Waals surface area contributed by atoms with Gasteiger partial charge >= 0.3 is 0 Å². The number of hydrogen-bond acceptors (Lipinski definition) is 1. The molecule has 2 heteroatoms. The molecule has 0 amide bonds. The molecule has 0 saturated heterocycles. The van der Waals surface area contributed by atoms with Gasteiger partial charge in [-0.3, -0.25) is 0 Å². The van der Waals surface area contributed by atoms with Crippen LogP contribution in [-0.4, -0.2) is 4.57 Å². The van der Waals surface area contributed by atoms with Crippen LogP contribution in [0.4, 0.5) is 0 Å². The molecule has 0 N–H and O–H groups in total. The first-order chi connectivity index (χ1) is 25.1. The zero-order valence-electron chi connectivity index (χ0n) is 28.3.